The molecule has 3 aliphatic rings. The summed E-state index contributed by atoms with van der Waals surface area (Å²) in [6.45, 7) is 0. The summed E-state index contributed by atoms with van der Waals surface area (Å²) >= 11 is 0. The van der Waals surface area contributed by atoms with Crippen LogP contribution in [0.4, 0.5) is 5.69 Å². The van der Waals surface area contributed by atoms with Crippen LogP contribution in [-0.2, 0) is 4.79 Å². The smallest absolute Gasteiger partial charge is 0.277 e. The van der Waals surface area contributed by atoms with Gasteiger partial charge in [0.25, 0.3) is 11.8 Å². The number of anilines is 1. The van der Waals surface area contributed by atoms with Crippen molar-refractivity contribution in [3.05, 3.63) is 64.9 Å². The van der Waals surface area contributed by atoms with Crippen LogP contribution < -0.4 is 10.2 Å². The predicted octanol–water partition coefficient (Wildman–Crippen LogP) is 3.01. The highest BCUT2D eigenvalue weighted by Crippen LogP contribution is 2.39. The van der Waals surface area contributed by atoms with Crippen molar-refractivity contribution in [3.8, 4) is 0 Å². The van der Waals surface area contributed by atoms with E-state index < -0.39 is 0 Å². The molecule has 1 heterocycles. The monoisotopic (exact) mass is 347 g/mol. The minimum atomic E-state index is -0.284. The van der Waals surface area contributed by atoms with Crippen LogP contribution in [0.1, 0.15) is 29.6 Å². The molecule has 0 aromatic heterocycles. The first kappa shape index (κ1) is 16.5. The number of aliphatic imine (C=N–C) groups is 1. The summed E-state index contributed by atoms with van der Waals surface area (Å²) in [5.74, 6) is -0.160. The van der Waals surface area contributed by atoms with Gasteiger partial charge >= 0.3 is 0 Å². The largest absolute Gasteiger partial charge is 0.378 e. The second kappa shape index (κ2) is 6.41. The van der Waals surface area contributed by atoms with E-state index in [9.17, 15) is 9.59 Å². The normalized spacial score (nSPS) is 22.7. The van der Waals surface area contributed by atoms with Gasteiger partial charge in [0.15, 0.2) is 0 Å². The van der Waals surface area contributed by atoms with Gasteiger partial charge in [-0.05, 0) is 61.3 Å². The fourth-order valence-corrected chi connectivity index (χ4v) is 3.74. The molecule has 0 spiro atoms. The number of hydrogen-bond donors (Lipinski definition) is 1. The maximum absolute atomic E-state index is 12.4. The number of allylic oxidation sites excluding steroid dienone is 3. The third kappa shape index (κ3) is 2.90. The Bertz CT molecular complexity index is 902. The number of hydrogen-bond acceptors (Lipinski definition) is 3. The molecule has 132 valence electrons. The van der Waals surface area contributed by atoms with Gasteiger partial charge in [-0.15, -0.1) is 0 Å². The molecule has 0 bridgehead atoms. The molecule has 1 aliphatic heterocycles. The lowest BCUT2D eigenvalue weighted by Crippen LogP contribution is -2.35. The third-order valence-electron chi connectivity index (χ3n) is 5.13. The third-order valence-corrected chi connectivity index (χ3v) is 5.13. The van der Waals surface area contributed by atoms with Crippen LogP contribution in [0.3, 0.4) is 0 Å². The highest BCUT2D eigenvalue weighted by molar-refractivity contribution is 6.14. The van der Waals surface area contributed by atoms with Gasteiger partial charge in [-0.2, -0.15) is 0 Å². The van der Waals surface area contributed by atoms with Crippen LogP contribution in [0.25, 0.3) is 0 Å². The number of fused-ring (bicyclic) bond motifs is 2. The fourth-order valence-electron chi connectivity index (χ4n) is 3.74. The number of amides is 2. The molecule has 0 radical (unpaired) electrons. The molecule has 1 atom stereocenters. The van der Waals surface area contributed by atoms with Crippen molar-refractivity contribution in [1.29, 1.82) is 0 Å². The first-order chi connectivity index (χ1) is 12.5. The highest BCUT2D eigenvalue weighted by atomic mass is 16.2. The van der Waals surface area contributed by atoms with Gasteiger partial charge in [0.1, 0.15) is 0 Å². The van der Waals surface area contributed by atoms with E-state index in [-0.39, 0.29) is 17.7 Å². The zero-order valence-electron chi connectivity index (χ0n) is 15.0. The quantitative estimate of drug-likeness (QED) is 0.894. The van der Waals surface area contributed by atoms with Crippen LogP contribution in [0.15, 0.2) is 64.3 Å². The SMILES string of the molecule is CN(C)c1ccc(C(=O)N=C2C=CC3C(=C2)NC(=O)C2=C3CCC2)cc1. The second-order valence-electron chi connectivity index (χ2n) is 7.03. The van der Waals surface area contributed by atoms with Gasteiger partial charge in [-0.1, -0.05) is 6.08 Å². The maximum atomic E-state index is 12.4. The van der Waals surface area contributed by atoms with E-state index in [1.54, 1.807) is 12.1 Å². The molecule has 4 rings (SSSR count). The lowest BCUT2D eigenvalue weighted by molar-refractivity contribution is -0.117. The maximum Gasteiger partial charge on any atom is 0.277 e. The van der Waals surface area contributed by atoms with Gasteiger partial charge in [-0.3, -0.25) is 9.59 Å². The topological polar surface area (TPSA) is 61.8 Å². The molecule has 2 amide bonds. The van der Waals surface area contributed by atoms with E-state index in [0.717, 1.165) is 36.2 Å². The van der Waals surface area contributed by atoms with Crippen LogP contribution in [0.2, 0.25) is 0 Å². The molecule has 2 aliphatic carbocycles. The zero-order chi connectivity index (χ0) is 18.3. The molecule has 0 saturated carbocycles. The second-order valence-corrected chi connectivity index (χ2v) is 7.03. The van der Waals surface area contributed by atoms with Crippen LogP contribution >= 0.6 is 0 Å². The molecule has 1 aromatic rings. The Kier molecular flexibility index (Phi) is 4.07. The number of nitrogens with zero attached hydrogens (tertiary/aromatic N) is 2. The lowest BCUT2D eigenvalue weighted by Gasteiger charge is -2.28. The lowest BCUT2D eigenvalue weighted by atomic mass is 9.85. The summed E-state index contributed by atoms with van der Waals surface area (Å²) in [7, 11) is 3.91. The van der Waals surface area contributed by atoms with Crippen molar-refractivity contribution in [2.75, 3.05) is 19.0 Å². The Morgan fingerprint density at radius 1 is 1.19 bits per heavy atom. The standard InChI is InChI=1S/C21H21N3O2/c1-24(2)15-9-6-13(7-10-15)20(25)22-14-8-11-17-16-4-3-5-18(16)21(26)23-19(17)12-14/h6-12,17H,3-5H2,1-2H3,(H,23,26). The van der Waals surface area contributed by atoms with Crippen molar-refractivity contribution in [3.63, 3.8) is 0 Å². The van der Waals surface area contributed by atoms with Crippen molar-refractivity contribution >= 4 is 23.2 Å². The molecule has 1 unspecified atom stereocenters. The number of nitrogens with one attached hydrogen (secondary N) is 1. The van der Waals surface area contributed by atoms with Crippen molar-refractivity contribution in [2.45, 2.75) is 19.3 Å². The molecule has 0 fully saturated rings. The summed E-state index contributed by atoms with van der Waals surface area (Å²) in [4.78, 5) is 30.9. The van der Waals surface area contributed by atoms with Crippen molar-refractivity contribution < 1.29 is 9.59 Å². The Hall–Kier alpha value is -2.95. The molecule has 1 aromatic carbocycles. The Morgan fingerprint density at radius 3 is 2.69 bits per heavy atom. The van der Waals surface area contributed by atoms with Gasteiger partial charge in [0.2, 0.25) is 0 Å². The van der Waals surface area contributed by atoms with Gasteiger partial charge in [-0.25, -0.2) is 4.99 Å². The van der Waals surface area contributed by atoms with E-state index in [0.29, 0.717) is 11.3 Å². The Labute approximate surface area is 152 Å². The summed E-state index contributed by atoms with van der Waals surface area (Å²) in [6.07, 6.45) is 8.60. The summed E-state index contributed by atoms with van der Waals surface area (Å²) in [5, 5.41) is 2.97. The van der Waals surface area contributed by atoms with E-state index in [1.165, 1.54) is 5.57 Å². The average molecular weight is 347 g/mol. The number of benzene rings is 1. The summed E-state index contributed by atoms with van der Waals surface area (Å²) in [6, 6.07) is 7.35. The fraction of sp³-hybridized carbons (Fsp3) is 0.286. The summed E-state index contributed by atoms with van der Waals surface area (Å²) in [5.41, 5.74) is 5.14. The van der Waals surface area contributed by atoms with Gasteiger partial charge < -0.3 is 10.2 Å². The van der Waals surface area contributed by atoms with E-state index in [2.05, 4.69) is 10.3 Å². The number of carbonyl (C=O) groups excluding carboxylic acids is 2. The number of carbonyl (C=O) groups is 2. The minimum Gasteiger partial charge on any atom is -0.378 e. The van der Waals surface area contributed by atoms with Gasteiger partial charge in [0, 0.05) is 42.5 Å². The molecule has 26 heavy (non-hydrogen) atoms. The van der Waals surface area contributed by atoms with Crippen LogP contribution in [0.5, 0.6) is 0 Å². The minimum absolute atomic E-state index is 0.000232. The van der Waals surface area contributed by atoms with Crippen LogP contribution in [0, 0.1) is 5.92 Å². The molecular weight excluding hydrogens is 326 g/mol. The first-order valence-electron chi connectivity index (χ1n) is 8.86. The molecule has 1 N–H and O–H groups in total. The van der Waals surface area contributed by atoms with Gasteiger partial charge in [0.05, 0.1) is 5.71 Å². The highest BCUT2D eigenvalue weighted by Gasteiger charge is 2.34. The Balaban J connectivity index is 1.57. The molecule has 5 nitrogen and oxygen atoms in total. The van der Waals surface area contributed by atoms with Crippen molar-refractivity contribution in [1.82, 2.24) is 5.32 Å². The van der Waals surface area contributed by atoms with E-state index in [4.69, 9.17) is 0 Å². The van der Waals surface area contributed by atoms with Crippen LogP contribution in [-0.4, -0.2) is 31.6 Å². The number of rotatable bonds is 2. The summed E-state index contributed by atoms with van der Waals surface area (Å²) < 4.78 is 0. The average Bonchev–Trinajstić information content (AvgIpc) is 3.12. The molecule has 5 heteroatoms. The van der Waals surface area contributed by atoms with E-state index >= 15 is 0 Å². The zero-order valence-corrected chi connectivity index (χ0v) is 15.0. The van der Waals surface area contributed by atoms with Crippen molar-refractivity contribution in [2.24, 2.45) is 10.9 Å². The van der Waals surface area contributed by atoms with E-state index in [1.807, 2.05) is 49.4 Å². The predicted molar refractivity (Wildman–Crippen MR) is 102 cm³/mol. The molecule has 0 saturated heterocycles. The first-order valence-corrected chi connectivity index (χ1v) is 8.86. The molecular formula is C21H21N3O2. The Morgan fingerprint density at radius 2 is 1.96 bits per heavy atom.